The van der Waals surface area contributed by atoms with Crippen LogP contribution in [0.5, 0.6) is 0 Å². The number of carbonyl (C=O) groups is 2. The summed E-state index contributed by atoms with van der Waals surface area (Å²) in [7, 11) is 1.31. The Balaban J connectivity index is 1.82. The van der Waals surface area contributed by atoms with Crippen LogP contribution in [0.1, 0.15) is 39.2 Å². The predicted molar refractivity (Wildman–Crippen MR) is 92.9 cm³/mol. The first-order valence-electron chi connectivity index (χ1n) is 8.51. The Hall–Kier alpha value is -2.08. The number of methoxy groups -OCH3 is 1. The highest BCUT2D eigenvalue weighted by atomic mass is 16.6. The second kappa shape index (κ2) is 8.34. The molecule has 1 aliphatic carbocycles. The van der Waals surface area contributed by atoms with Crippen LogP contribution in [0, 0.1) is 5.92 Å². The summed E-state index contributed by atoms with van der Waals surface area (Å²) < 4.78 is 15.9. The molecular weight excluding hydrogens is 322 g/mol. The Morgan fingerprint density at radius 3 is 2.40 bits per heavy atom. The van der Waals surface area contributed by atoms with Gasteiger partial charge in [-0.2, -0.15) is 0 Å². The van der Waals surface area contributed by atoms with Gasteiger partial charge in [0.15, 0.2) is 0 Å². The number of rotatable bonds is 6. The zero-order valence-electron chi connectivity index (χ0n) is 15.3. The van der Waals surface area contributed by atoms with Crippen LogP contribution in [0.25, 0.3) is 0 Å². The Kier molecular flexibility index (Phi) is 6.42. The van der Waals surface area contributed by atoms with Crippen LogP contribution in [0.15, 0.2) is 30.3 Å². The number of ether oxygens (including phenoxy) is 3. The number of esters is 1. The van der Waals surface area contributed by atoms with Crippen LogP contribution in [-0.2, 0) is 25.6 Å². The summed E-state index contributed by atoms with van der Waals surface area (Å²) in [4.78, 5) is 24.0. The van der Waals surface area contributed by atoms with Gasteiger partial charge in [-0.05, 0) is 45.1 Å². The number of amides is 1. The van der Waals surface area contributed by atoms with Crippen LogP contribution in [0.2, 0.25) is 0 Å². The molecule has 0 aromatic heterocycles. The summed E-state index contributed by atoms with van der Waals surface area (Å²) in [6.45, 7) is 5.87. The molecule has 1 amide bonds. The first-order valence-corrected chi connectivity index (χ1v) is 8.51. The monoisotopic (exact) mass is 349 g/mol. The Morgan fingerprint density at radius 2 is 1.84 bits per heavy atom. The second-order valence-corrected chi connectivity index (χ2v) is 7.30. The van der Waals surface area contributed by atoms with Gasteiger partial charge in [0, 0.05) is 0 Å². The van der Waals surface area contributed by atoms with Crippen molar-refractivity contribution < 1.29 is 23.8 Å². The van der Waals surface area contributed by atoms with Crippen molar-refractivity contribution in [2.75, 3.05) is 7.11 Å². The molecular formula is C19H27NO5. The van der Waals surface area contributed by atoms with Gasteiger partial charge in [-0.1, -0.05) is 30.3 Å². The van der Waals surface area contributed by atoms with Crippen molar-refractivity contribution in [3.63, 3.8) is 0 Å². The van der Waals surface area contributed by atoms with Crippen molar-refractivity contribution in [3.05, 3.63) is 35.9 Å². The highest BCUT2D eigenvalue weighted by Gasteiger charge is 2.41. The van der Waals surface area contributed by atoms with E-state index in [0.29, 0.717) is 19.4 Å². The molecule has 0 heterocycles. The lowest BCUT2D eigenvalue weighted by atomic mass is 9.77. The van der Waals surface area contributed by atoms with Crippen LogP contribution >= 0.6 is 0 Å². The molecule has 0 radical (unpaired) electrons. The Labute approximate surface area is 148 Å². The zero-order valence-corrected chi connectivity index (χ0v) is 15.3. The summed E-state index contributed by atoms with van der Waals surface area (Å²) in [5.74, 6) is -0.474. The maximum absolute atomic E-state index is 12.0. The van der Waals surface area contributed by atoms with Gasteiger partial charge in [0.2, 0.25) is 0 Å². The number of benzene rings is 1. The van der Waals surface area contributed by atoms with Gasteiger partial charge in [0.05, 0.1) is 19.8 Å². The molecule has 2 rings (SSSR count). The fraction of sp³-hybridized carbons (Fsp3) is 0.579. The van der Waals surface area contributed by atoms with Gasteiger partial charge >= 0.3 is 12.1 Å². The topological polar surface area (TPSA) is 73.9 Å². The lowest BCUT2D eigenvalue weighted by Gasteiger charge is -2.39. The van der Waals surface area contributed by atoms with E-state index >= 15 is 0 Å². The minimum absolute atomic E-state index is 0.0132. The molecule has 1 fully saturated rings. The van der Waals surface area contributed by atoms with Crippen LogP contribution in [0.4, 0.5) is 4.79 Å². The maximum atomic E-state index is 12.0. The molecule has 0 spiro atoms. The van der Waals surface area contributed by atoms with E-state index in [4.69, 9.17) is 14.2 Å². The fourth-order valence-corrected chi connectivity index (χ4v) is 2.73. The number of alkyl carbamates (subject to hydrolysis) is 1. The van der Waals surface area contributed by atoms with Crippen molar-refractivity contribution in [3.8, 4) is 0 Å². The third-order valence-electron chi connectivity index (χ3n) is 4.06. The number of carbonyl (C=O) groups excluding carboxylic acids is 2. The molecule has 0 aliphatic heterocycles. The van der Waals surface area contributed by atoms with Gasteiger partial charge in [-0.15, -0.1) is 0 Å². The first kappa shape index (κ1) is 19.2. The SMILES string of the molecule is COC(=O)C(NC(=O)OC(C)(C)C)C1CC(OCc2ccccc2)C1. The lowest BCUT2D eigenvalue weighted by molar-refractivity contribution is -0.148. The molecule has 1 atom stereocenters. The third-order valence-corrected chi connectivity index (χ3v) is 4.06. The average Bonchev–Trinajstić information content (AvgIpc) is 2.50. The Morgan fingerprint density at radius 1 is 1.20 bits per heavy atom. The van der Waals surface area contributed by atoms with Crippen molar-refractivity contribution in [1.29, 1.82) is 0 Å². The quantitative estimate of drug-likeness (QED) is 0.799. The van der Waals surface area contributed by atoms with Crippen molar-refractivity contribution >= 4 is 12.1 Å². The smallest absolute Gasteiger partial charge is 0.408 e. The Bertz CT molecular complexity index is 575. The second-order valence-electron chi connectivity index (χ2n) is 7.30. The van der Waals surface area contributed by atoms with E-state index in [2.05, 4.69) is 5.32 Å². The van der Waals surface area contributed by atoms with E-state index in [9.17, 15) is 9.59 Å². The predicted octanol–water partition coefficient (Wildman–Crippen LogP) is 3.05. The fourth-order valence-electron chi connectivity index (χ4n) is 2.73. The van der Waals surface area contributed by atoms with Crippen LogP contribution in [0.3, 0.4) is 0 Å². The number of hydrogen-bond acceptors (Lipinski definition) is 5. The molecule has 25 heavy (non-hydrogen) atoms. The van der Waals surface area contributed by atoms with E-state index < -0.39 is 23.7 Å². The van der Waals surface area contributed by atoms with Crippen molar-refractivity contribution in [2.24, 2.45) is 5.92 Å². The summed E-state index contributed by atoms with van der Waals surface area (Å²) in [6.07, 6.45) is 0.861. The molecule has 1 aliphatic rings. The average molecular weight is 349 g/mol. The third kappa shape index (κ3) is 6.05. The minimum Gasteiger partial charge on any atom is -0.467 e. The molecule has 1 aromatic carbocycles. The van der Waals surface area contributed by atoms with Crippen LogP contribution < -0.4 is 5.32 Å². The summed E-state index contributed by atoms with van der Waals surface area (Å²) >= 11 is 0. The van der Waals surface area contributed by atoms with Gasteiger partial charge in [-0.3, -0.25) is 0 Å². The molecule has 6 heteroatoms. The number of nitrogens with one attached hydrogen (secondary N) is 1. The summed E-state index contributed by atoms with van der Waals surface area (Å²) in [5, 5.41) is 2.63. The van der Waals surface area contributed by atoms with Crippen molar-refractivity contribution in [2.45, 2.75) is 58.0 Å². The molecule has 0 saturated heterocycles. The summed E-state index contributed by atoms with van der Waals surface area (Å²) in [5.41, 5.74) is 0.494. The van der Waals surface area contributed by atoms with E-state index in [1.807, 2.05) is 30.3 Å². The molecule has 1 aromatic rings. The standard InChI is InChI=1S/C19H27NO5/c1-19(2,3)25-18(22)20-16(17(21)23-4)14-10-15(11-14)24-12-13-8-6-5-7-9-13/h5-9,14-16H,10-12H2,1-4H3,(H,20,22). The number of hydrogen-bond donors (Lipinski definition) is 1. The molecule has 6 nitrogen and oxygen atoms in total. The van der Waals surface area contributed by atoms with E-state index in [1.54, 1.807) is 20.8 Å². The molecule has 1 unspecified atom stereocenters. The minimum atomic E-state index is -0.712. The molecule has 1 N–H and O–H groups in total. The first-order chi connectivity index (χ1) is 11.8. The molecule has 138 valence electrons. The molecule has 0 bridgehead atoms. The highest BCUT2D eigenvalue weighted by Crippen LogP contribution is 2.34. The largest absolute Gasteiger partial charge is 0.467 e. The molecule has 1 saturated carbocycles. The van der Waals surface area contributed by atoms with Gasteiger partial charge in [0.1, 0.15) is 11.6 Å². The maximum Gasteiger partial charge on any atom is 0.408 e. The zero-order chi connectivity index (χ0) is 18.4. The summed E-state index contributed by atoms with van der Waals surface area (Å²) in [6, 6.07) is 9.22. The normalized spacial score (nSPS) is 21.0. The van der Waals surface area contributed by atoms with E-state index in [0.717, 1.165) is 5.56 Å². The lowest BCUT2D eigenvalue weighted by Crippen LogP contribution is -2.53. The van der Waals surface area contributed by atoms with Crippen LogP contribution in [-0.4, -0.2) is 36.9 Å². The van der Waals surface area contributed by atoms with Crippen molar-refractivity contribution in [1.82, 2.24) is 5.32 Å². The van der Waals surface area contributed by atoms with E-state index in [-0.39, 0.29) is 12.0 Å². The van der Waals surface area contributed by atoms with Gasteiger partial charge in [-0.25, -0.2) is 9.59 Å². The highest BCUT2D eigenvalue weighted by molar-refractivity contribution is 5.81. The van der Waals surface area contributed by atoms with Gasteiger partial charge in [0.25, 0.3) is 0 Å². The van der Waals surface area contributed by atoms with E-state index in [1.165, 1.54) is 7.11 Å². The van der Waals surface area contributed by atoms with Gasteiger partial charge < -0.3 is 19.5 Å².